The van der Waals surface area contributed by atoms with Crippen LogP contribution in [0.15, 0.2) is 29.3 Å². The molecule has 8 heteroatoms. The normalized spacial score (nSPS) is 16.9. The molecule has 0 amide bonds. The quantitative estimate of drug-likeness (QED) is 0.239. The molecule has 1 unspecified atom stereocenters. The monoisotopic (exact) mass is 501 g/mol. The maximum absolute atomic E-state index is 5.74. The zero-order chi connectivity index (χ0) is 18.9. The van der Waals surface area contributed by atoms with Gasteiger partial charge in [-0.2, -0.15) is 0 Å². The molecule has 1 aliphatic heterocycles. The van der Waals surface area contributed by atoms with Crippen molar-refractivity contribution < 1.29 is 9.47 Å². The van der Waals surface area contributed by atoms with Gasteiger partial charge in [-0.05, 0) is 31.9 Å². The molecule has 1 atom stereocenters. The fraction of sp³-hybridized carbons (Fsp3) is 0.600. The number of nitrogens with zero attached hydrogens (tertiary/aromatic N) is 3. The van der Waals surface area contributed by atoms with Gasteiger partial charge in [0.05, 0.1) is 24.2 Å². The van der Waals surface area contributed by atoms with E-state index < -0.39 is 0 Å². The van der Waals surface area contributed by atoms with Crippen molar-refractivity contribution >= 4 is 41.0 Å². The molecule has 1 aromatic heterocycles. The summed E-state index contributed by atoms with van der Waals surface area (Å²) < 4.78 is 13.2. The van der Waals surface area contributed by atoms with Gasteiger partial charge in [-0.15, -0.1) is 24.0 Å². The third kappa shape index (κ3) is 6.59. The first-order valence-corrected chi connectivity index (χ1v) is 9.86. The van der Waals surface area contributed by atoms with Crippen LogP contribution in [-0.2, 0) is 23.1 Å². The summed E-state index contributed by atoms with van der Waals surface area (Å²) in [6.45, 7) is 7.55. The Hall–Kier alpha value is -1.39. The van der Waals surface area contributed by atoms with Gasteiger partial charge >= 0.3 is 0 Å². The summed E-state index contributed by atoms with van der Waals surface area (Å²) in [4.78, 5) is 9.35. The first kappa shape index (κ1) is 22.9. The highest BCUT2D eigenvalue weighted by Crippen LogP contribution is 2.14. The Morgan fingerprint density at radius 2 is 2.21 bits per heavy atom. The lowest BCUT2D eigenvalue weighted by atomic mass is 10.1. The molecule has 156 valence electrons. The summed E-state index contributed by atoms with van der Waals surface area (Å²) in [5.41, 5.74) is 2.14. The third-order valence-electron chi connectivity index (χ3n) is 4.74. The van der Waals surface area contributed by atoms with E-state index in [1.54, 1.807) is 0 Å². The number of fused-ring (bicyclic) bond motifs is 1. The number of guanidine groups is 1. The average molecular weight is 501 g/mol. The molecule has 0 spiro atoms. The Balaban J connectivity index is 0.00000280. The van der Waals surface area contributed by atoms with Crippen molar-refractivity contribution in [2.24, 2.45) is 18.0 Å². The van der Waals surface area contributed by atoms with E-state index in [1.807, 2.05) is 25.2 Å². The largest absolute Gasteiger partial charge is 0.381 e. The molecule has 7 nitrogen and oxygen atoms in total. The summed E-state index contributed by atoms with van der Waals surface area (Å²) in [7, 11) is 2.03. The number of hydrogen-bond donors (Lipinski definition) is 2. The smallest absolute Gasteiger partial charge is 0.191 e. The molecule has 2 N–H and O–H groups in total. The molecule has 1 aromatic carbocycles. The van der Waals surface area contributed by atoms with E-state index in [4.69, 9.17) is 9.47 Å². The van der Waals surface area contributed by atoms with Crippen LogP contribution < -0.4 is 10.6 Å². The Labute approximate surface area is 184 Å². The number of imidazole rings is 1. The second kappa shape index (κ2) is 12.2. The maximum atomic E-state index is 5.74. The molecule has 1 aliphatic rings. The summed E-state index contributed by atoms with van der Waals surface area (Å²) in [6, 6.07) is 8.15. The van der Waals surface area contributed by atoms with Crippen molar-refractivity contribution in [3.63, 3.8) is 0 Å². The van der Waals surface area contributed by atoms with E-state index in [0.717, 1.165) is 75.2 Å². The second-order valence-electron chi connectivity index (χ2n) is 6.86. The van der Waals surface area contributed by atoms with Crippen molar-refractivity contribution in [2.75, 3.05) is 39.5 Å². The van der Waals surface area contributed by atoms with E-state index in [9.17, 15) is 0 Å². The van der Waals surface area contributed by atoms with Gasteiger partial charge in [0.1, 0.15) is 12.4 Å². The minimum Gasteiger partial charge on any atom is -0.381 e. The van der Waals surface area contributed by atoms with Crippen LogP contribution in [0.25, 0.3) is 11.0 Å². The first-order chi connectivity index (χ1) is 13.3. The molecule has 3 rings (SSSR count). The number of aryl methyl sites for hydroxylation is 1. The number of benzene rings is 1. The van der Waals surface area contributed by atoms with Gasteiger partial charge in [0.15, 0.2) is 5.96 Å². The van der Waals surface area contributed by atoms with E-state index in [1.165, 1.54) is 0 Å². The molecule has 1 fully saturated rings. The molecular weight excluding hydrogens is 469 g/mol. The van der Waals surface area contributed by atoms with Gasteiger partial charge in [0, 0.05) is 39.3 Å². The second-order valence-corrected chi connectivity index (χ2v) is 6.86. The van der Waals surface area contributed by atoms with E-state index >= 15 is 0 Å². The number of halogens is 1. The summed E-state index contributed by atoms with van der Waals surface area (Å²) >= 11 is 0. The molecule has 1 saturated heterocycles. The van der Waals surface area contributed by atoms with E-state index in [2.05, 4.69) is 38.2 Å². The number of para-hydroxylation sites is 2. The number of aromatic nitrogens is 2. The van der Waals surface area contributed by atoms with Crippen LogP contribution in [0.2, 0.25) is 0 Å². The zero-order valence-corrected chi connectivity index (χ0v) is 19.1. The van der Waals surface area contributed by atoms with Gasteiger partial charge in [0.2, 0.25) is 0 Å². The maximum Gasteiger partial charge on any atom is 0.191 e. The highest BCUT2D eigenvalue weighted by atomic mass is 127. The van der Waals surface area contributed by atoms with Crippen LogP contribution >= 0.6 is 24.0 Å². The lowest BCUT2D eigenvalue weighted by Gasteiger charge is -2.12. The lowest BCUT2D eigenvalue weighted by molar-refractivity contribution is 0.0888. The molecular formula is C20H32IN5O2. The Morgan fingerprint density at radius 1 is 1.36 bits per heavy atom. The average Bonchev–Trinajstić information content (AvgIpc) is 3.31. The first-order valence-electron chi connectivity index (χ1n) is 9.86. The molecule has 0 radical (unpaired) electrons. The van der Waals surface area contributed by atoms with Crippen LogP contribution in [0, 0.1) is 5.92 Å². The molecule has 28 heavy (non-hydrogen) atoms. The topological polar surface area (TPSA) is 72.7 Å². The van der Waals surface area contributed by atoms with Crippen molar-refractivity contribution in [1.29, 1.82) is 0 Å². The van der Waals surface area contributed by atoms with Gasteiger partial charge in [-0.3, -0.25) is 0 Å². The van der Waals surface area contributed by atoms with E-state index in [-0.39, 0.29) is 24.0 Å². The van der Waals surface area contributed by atoms with Crippen LogP contribution in [0.4, 0.5) is 0 Å². The van der Waals surface area contributed by atoms with Crippen LogP contribution in [0.1, 0.15) is 25.6 Å². The number of nitrogens with one attached hydrogen (secondary N) is 2. The molecule has 0 bridgehead atoms. The fourth-order valence-electron chi connectivity index (χ4n) is 3.17. The number of ether oxygens (including phenoxy) is 2. The van der Waals surface area contributed by atoms with Crippen molar-refractivity contribution in [3.05, 3.63) is 30.1 Å². The minimum absolute atomic E-state index is 0. The Kier molecular flexibility index (Phi) is 10.0. The van der Waals surface area contributed by atoms with Gasteiger partial charge in [-0.25, -0.2) is 9.98 Å². The predicted molar refractivity (Wildman–Crippen MR) is 123 cm³/mol. The SMILES string of the molecule is CCNC(=NCc1nc2ccccc2n1C)NCCCOCC1CCOC1.I. The van der Waals surface area contributed by atoms with Crippen LogP contribution in [0.5, 0.6) is 0 Å². The van der Waals surface area contributed by atoms with E-state index in [0.29, 0.717) is 12.5 Å². The predicted octanol–water partition coefficient (Wildman–Crippen LogP) is 2.69. The number of hydrogen-bond acceptors (Lipinski definition) is 4. The third-order valence-corrected chi connectivity index (χ3v) is 4.74. The molecule has 0 aliphatic carbocycles. The number of rotatable bonds is 9. The summed E-state index contributed by atoms with van der Waals surface area (Å²) in [5.74, 6) is 2.34. The van der Waals surface area contributed by atoms with Crippen LogP contribution in [-0.4, -0.2) is 55.0 Å². The Bertz CT molecular complexity index is 743. The highest BCUT2D eigenvalue weighted by molar-refractivity contribution is 14.0. The van der Waals surface area contributed by atoms with Crippen molar-refractivity contribution in [3.8, 4) is 0 Å². The fourth-order valence-corrected chi connectivity index (χ4v) is 3.17. The van der Waals surface area contributed by atoms with Crippen LogP contribution in [0.3, 0.4) is 0 Å². The van der Waals surface area contributed by atoms with Crippen molar-refractivity contribution in [1.82, 2.24) is 20.2 Å². The molecule has 2 heterocycles. The zero-order valence-electron chi connectivity index (χ0n) is 16.8. The molecule has 2 aromatic rings. The standard InChI is InChI=1S/C20H31N5O2.HI/c1-3-21-20(22-10-6-11-26-14-16-9-12-27-15-16)23-13-19-24-17-7-4-5-8-18(17)25(19)2;/h4-5,7-8,16H,3,6,9-15H2,1-2H3,(H2,21,22,23);1H. The number of aliphatic imine (C=N–C) groups is 1. The van der Waals surface area contributed by atoms with Gasteiger partial charge in [-0.1, -0.05) is 12.1 Å². The van der Waals surface area contributed by atoms with Gasteiger partial charge in [0.25, 0.3) is 0 Å². The highest BCUT2D eigenvalue weighted by Gasteiger charge is 2.15. The molecule has 0 saturated carbocycles. The summed E-state index contributed by atoms with van der Waals surface area (Å²) in [6.07, 6.45) is 2.07. The summed E-state index contributed by atoms with van der Waals surface area (Å²) in [5, 5.41) is 6.66. The lowest BCUT2D eigenvalue weighted by Crippen LogP contribution is -2.38. The minimum atomic E-state index is 0. The van der Waals surface area contributed by atoms with Crippen molar-refractivity contribution in [2.45, 2.75) is 26.3 Å². The van der Waals surface area contributed by atoms with Gasteiger partial charge < -0.3 is 24.7 Å². The Morgan fingerprint density at radius 3 is 2.96 bits per heavy atom.